The number of nitrogens with one attached hydrogen (secondary N) is 2. The number of carbonyl (C=O) groups is 4. The molecule has 1 fully saturated rings. The second-order valence-corrected chi connectivity index (χ2v) is 15.2. The SMILES string of the molecule is CC(C)(C)NC(CSC1CCC1SCC(NC(=O)C(C)(C)CCOCOCC(=O)C(C)(C)C)C(=O)O)C(=O)O. The first-order valence-electron chi connectivity index (χ1n) is 13.3. The van der Waals surface area contributed by atoms with Gasteiger partial charge in [0, 0.05) is 38.4 Å². The van der Waals surface area contributed by atoms with E-state index in [1.54, 1.807) is 25.6 Å². The highest BCUT2D eigenvalue weighted by molar-refractivity contribution is 8.04. The van der Waals surface area contributed by atoms with Crippen LogP contribution in [0.25, 0.3) is 0 Å². The third kappa shape index (κ3) is 13.7. The number of rotatable bonds is 18. The fourth-order valence-corrected chi connectivity index (χ4v) is 6.50. The highest BCUT2D eigenvalue weighted by Crippen LogP contribution is 2.40. The van der Waals surface area contributed by atoms with Crippen LogP contribution in [0.15, 0.2) is 0 Å². The lowest BCUT2D eigenvalue weighted by Crippen LogP contribution is -2.50. The summed E-state index contributed by atoms with van der Waals surface area (Å²) in [4.78, 5) is 48.2. The number of hydrogen-bond donors (Lipinski definition) is 4. The Hall–Kier alpha value is -1.34. The smallest absolute Gasteiger partial charge is 0.327 e. The van der Waals surface area contributed by atoms with Gasteiger partial charge in [-0.15, -0.1) is 0 Å². The molecule has 12 heteroatoms. The second kappa shape index (κ2) is 15.6. The molecule has 0 aromatic rings. The lowest BCUT2D eigenvalue weighted by atomic mass is 9.88. The van der Waals surface area contributed by atoms with E-state index >= 15 is 0 Å². The average Bonchev–Trinajstić information content (AvgIpc) is 2.77. The summed E-state index contributed by atoms with van der Waals surface area (Å²) in [5, 5.41) is 25.5. The lowest BCUT2D eigenvalue weighted by Gasteiger charge is -2.37. The minimum Gasteiger partial charge on any atom is -0.480 e. The minimum absolute atomic E-state index is 0.0304. The number of carboxylic acids is 2. The predicted molar refractivity (Wildman–Crippen MR) is 155 cm³/mol. The molecule has 0 aliphatic heterocycles. The van der Waals surface area contributed by atoms with Crippen molar-refractivity contribution in [3.63, 3.8) is 0 Å². The average molecular weight is 593 g/mol. The topological polar surface area (TPSA) is 151 Å². The standard InChI is InChI=1S/C27H48N2O8S2/c1-25(2,3)21(30)13-37-16-36-12-11-27(7,8)24(35)28-17(22(31)32)14-38-19-9-10-20(19)39-15-18(23(33)34)29-26(4,5)6/h17-20,29H,9-16H2,1-8H3,(H,28,35)(H,31,32)(H,33,34). The molecule has 4 unspecified atom stereocenters. The van der Waals surface area contributed by atoms with Crippen molar-refractivity contribution in [2.75, 3.05) is 31.5 Å². The molecule has 1 aliphatic carbocycles. The number of ether oxygens (including phenoxy) is 2. The molecular formula is C27H48N2O8S2. The van der Waals surface area contributed by atoms with Gasteiger partial charge in [-0.1, -0.05) is 34.6 Å². The molecule has 39 heavy (non-hydrogen) atoms. The number of Topliss-reactive ketones (excluding diaryl/α,β-unsaturated/α-hetero) is 1. The van der Waals surface area contributed by atoms with Crippen LogP contribution in [0, 0.1) is 10.8 Å². The van der Waals surface area contributed by atoms with E-state index in [0.29, 0.717) is 12.2 Å². The van der Waals surface area contributed by atoms with Crippen molar-refractivity contribution in [2.45, 2.75) is 103 Å². The maximum Gasteiger partial charge on any atom is 0.327 e. The molecule has 0 aromatic heterocycles. The van der Waals surface area contributed by atoms with Crippen LogP contribution in [0.4, 0.5) is 0 Å². The van der Waals surface area contributed by atoms with Gasteiger partial charge in [0.25, 0.3) is 0 Å². The molecule has 226 valence electrons. The van der Waals surface area contributed by atoms with Crippen LogP contribution in [0.2, 0.25) is 0 Å². The molecule has 0 saturated heterocycles. The summed E-state index contributed by atoms with van der Waals surface area (Å²) in [5.41, 5.74) is -1.66. The van der Waals surface area contributed by atoms with E-state index in [1.165, 1.54) is 11.8 Å². The predicted octanol–water partition coefficient (Wildman–Crippen LogP) is 3.42. The molecule has 4 atom stereocenters. The molecule has 0 spiro atoms. The molecule has 1 rings (SSSR count). The Morgan fingerprint density at radius 1 is 0.846 bits per heavy atom. The van der Waals surface area contributed by atoms with Crippen molar-refractivity contribution in [1.29, 1.82) is 0 Å². The Morgan fingerprint density at radius 2 is 1.36 bits per heavy atom. The Bertz CT molecular complexity index is 839. The van der Waals surface area contributed by atoms with Gasteiger partial charge in [0.05, 0.1) is 6.61 Å². The van der Waals surface area contributed by atoms with Gasteiger partial charge in [0.1, 0.15) is 25.5 Å². The van der Waals surface area contributed by atoms with E-state index in [1.807, 2.05) is 41.5 Å². The van der Waals surface area contributed by atoms with Crippen LogP contribution in [0.1, 0.15) is 74.7 Å². The number of hydrogen-bond acceptors (Lipinski definition) is 9. The third-order valence-electron chi connectivity index (χ3n) is 6.34. The van der Waals surface area contributed by atoms with Crippen molar-refractivity contribution in [3.8, 4) is 0 Å². The largest absolute Gasteiger partial charge is 0.480 e. The normalized spacial score (nSPS) is 19.6. The number of carboxylic acid groups (broad SMARTS) is 2. The second-order valence-electron chi connectivity index (χ2n) is 12.7. The highest BCUT2D eigenvalue weighted by atomic mass is 32.2. The van der Waals surface area contributed by atoms with Gasteiger partial charge in [-0.25, -0.2) is 4.79 Å². The van der Waals surface area contributed by atoms with Gasteiger partial charge >= 0.3 is 11.9 Å². The molecular weight excluding hydrogens is 544 g/mol. The van der Waals surface area contributed by atoms with E-state index < -0.39 is 34.9 Å². The van der Waals surface area contributed by atoms with Gasteiger partial charge in [0.15, 0.2) is 5.78 Å². The zero-order valence-electron chi connectivity index (χ0n) is 24.6. The van der Waals surface area contributed by atoms with Crippen molar-refractivity contribution in [1.82, 2.24) is 10.6 Å². The first kappa shape index (κ1) is 35.7. The minimum atomic E-state index is -1.09. The molecule has 0 heterocycles. The molecule has 1 saturated carbocycles. The monoisotopic (exact) mass is 592 g/mol. The number of aliphatic carboxylic acids is 2. The zero-order valence-corrected chi connectivity index (χ0v) is 26.3. The first-order chi connectivity index (χ1) is 17.8. The molecule has 1 amide bonds. The van der Waals surface area contributed by atoms with E-state index in [2.05, 4.69) is 10.6 Å². The summed E-state index contributed by atoms with van der Waals surface area (Å²) in [6.07, 6.45) is 2.23. The van der Waals surface area contributed by atoms with Gasteiger partial charge in [0.2, 0.25) is 5.91 Å². The summed E-state index contributed by atoms with van der Waals surface area (Å²) in [5.74, 6) is -1.72. The highest BCUT2D eigenvalue weighted by Gasteiger charge is 2.36. The van der Waals surface area contributed by atoms with Crippen molar-refractivity contribution in [3.05, 3.63) is 0 Å². The maximum atomic E-state index is 12.9. The number of ketones is 1. The van der Waals surface area contributed by atoms with Crippen molar-refractivity contribution < 1.29 is 38.9 Å². The molecule has 0 aromatic carbocycles. The molecule has 4 N–H and O–H groups in total. The molecule has 1 aliphatic rings. The Labute approximate surface area is 241 Å². The van der Waals surface area contributed by atoms with Crippen molar-refractivity contribution in [2.24, 2.45) is 10.8 Å². The third-order valence-corrected chi connectivity index (χ3v) is 9.54. The van der Waals surface area contributed by atoms with Gasteiger partial charge in [-0.05, 0) is 40.0 Å². The van der Waals surface area contributed by atoms with Gasteiger partial charge in [-0.2, -0.15) is 23.5 Å². The van der Waals surface area contributed by atoms with Crippen LogP contribution in [0.5, 0.6) is 0 Å². The fourth-order valence-electron chi connectivity index (χ4n) is 3.40. The number of thioether (sulfide) groups is 2. The summed E-state index contributed by atoms with van der Waals surface area (Å²) in [7, 11) is 0. The molecule has 0 bridgehead atoms. The van der Waals surface area contributed by atoms with Crippen molar-refractivity contribution >= 4 is 47.2 Å². The van der Waals surface area contributed by atoms with Crippen LogP contribution in [0.3, 0.4) is 0 Å². The van der Waals surface area contributed by atoms with Gasteiger partial charge in [-0.3, -0.25) is 19.7 Å². The summed E-state index contributed by atoms with van der Waals surface area (Å²) in [6.45, 7) is 14.8. The van der Waals surface area contributed by atoms with Gasteiger partial charge < -0.3 is 25.0 Å². The Kier molecular flexibility index (Phi) is 14.3. The molecule has 10 nitrogen and oxygen atoms in total. The van der Waals surface area contributed by atoms with E-state index in [-0.39, 0.29) is 53.5 Å². The van der Waals surface area contributed by atoms with Crippen LogP contribution >= 0.6 is 23.5 Å². The van der Waals surface area contributed by atoms with Crippen LogP contribution in [-0.4, -0.2) is 93.5 Å². The fraction of sp³-hybridized carbons (Fsp3) is 0.852. The Balaban J connectivity index is 2.46. The molecule has 0 radical (unpaired) electrons. The summed E-state index contributed by atoms with van der Waals surface area (Å²) < 4.78 is 10.7. The van der Waals surface area contributed by atoms with E-state index in [4.69, 9.17) is 9.47 Å². The van der Waals surface area contributed by atoms with Crippen LogP contribution < -0.4 is 10.6 Å². The van der Waals surface area contributed by atoms with E-state index in [0.717, 1.165) is 12.8 Å². The number of carbonyl (C=O) groups excluding carboxylic acids is 2. The van der Waals surface area contributed by atoms with E-state index in [9.17, 15) is 29.4 Å². The lowest BCUT2D eigenvalue weighted by molar-refractivity contribution is -0.143. The number of amides is 1. The summed E-state index contributed by atoms with van der Waals surface area (Å²) in [6, 6.07) is -1.69. The Morgan fingerprint density at radius 3 is 1.79 bits per heavy atom. The van der Waals surface area contributed by atoms with Crippen LogP contribution in [-0.2, 0) is 28.7 Å². The quantitative estimate of drug-likeness (QED) is 0.137. The first-order valence-corrected chi connectivity index (χ1v) is 15.4. The zero-order chi connectivity index (χ0) is 30.0. The summed E-state index contributed by atoms with van der Waals surface area (Å²) >= 11 is 3.11. The maximum absolute atomic E-state index is 12.9.